The van der Waals surface area contributed by atoms with Crippen molar-refractivity contribution in [1.29, 1.82) is 0 Å². The lowest BCUT2D eigenvalue weighted by Gasteiger charge is -2.20. The Balaban J connectivity index is 1.50. The van der Waals surface area contributed by atoms with Gasteiger partial charge in [-0.1, -0.05) is 48.5 Å². The monoisotopic (exact) mass is 468 g/mol. The predicted octanol–water partition coefficient (Wildman–Crippen LogP) is 5.45. The molecule has 4 aromatic rings. The van der Waals surface area contributed by atoms with Gasteiger partial charge in [0.15, 0.2) is 17.5 Å². The summed E-state index contributed by atoms with van der Waals surface area (Å²) >= 11 is 0. The van der Waals surface area contributed by atoms with Crippen molar-refractivity contribution in [3.8, 4) is 11.3 Å². The molecule has 5 nitrogen and oxygen atoms in total. The molecule has 0 spiro atoms. The third kappa shape index (κ3) is 4.94. The Morgan fingerprint density at radius 3 is 2.57 bits per heavy atom. The van der Waals surface area contributed by atoms with Crippen LogP contribution >= 0.6 is 0 Å². The number of carbonyl (C=O) groups excluding carboxylic acids is 1. The molecule has 1 amide bonds. The molecule has 3 aromatic carbocycles. The van der Waals surface area contributed by atoms with Crippen molar-refractivity contribution in [1.82, 2.24) is 9.97 Å². The van der Waals surface area contributed by atoms with Crippen LogP contribution in [0, 0.1) is 11.6 Å². The summed E-state index contributed by atoms with van der Waals surface area (Å²) in [5, 5.41) is 2.81. The summed E-state index contributed by atoms with van der Waals surface area (Å²) in [4.78, 5) is 22.4. The quantitative estimate of drug-likeness (QED) is 0.382. The van der Waals surface area contributed by atoms with Crippen LogP contribution in [0.3, 0.4) is 0 Å². The van der Waals surface area contributed by atoms with Crippen molar-refractivity contribution >= 4 is 29.6 Å². The van der Waals surface area contributed by atoms with Crippen LogP contribution in [0.4, 0.5) is 20.3 Å². The first-order chi connectivity index (χ1) is 17.0. The number of anilines is 2. The number of nitrogens with zero attached hydrogens (tertiary/aromatic N) is 2. The van der Waals surface area contributed by atoms with Crippen LogP contribution in [0.25, 0.3) is 23.4 Å². The Labute approximate surface area is 201 Å². The summed E-state index contributed by atoms with van der Waals surface area (Å²) in [5.41, 5.74) is 12.1. The Morgan fingerprint density at radius 2 is 1.77 bits per heavy atom. The minimum atomic E-state index is -0.991. The fourth-order valence-corrected chi connectivity index (χ4v) is 4.14. The molecule has 0 saturated carbocycles. The third-order valence-electron chi connectivity index (χ3n) is 5.85. The molecular weight excluding hydrogens is 446 g/mol. The van der Waals surface area contributed by atoms with E-state index in [0.717, 1.165) is 46.6 Å². The highest BCUT2D eigenvalue weighted by Crippen LogP contribution is 2.34. The first-order valence-electron chi connectivity index (χ1n) is 11.2. The Bertz CT molecular complexity index is 1450. The maximum absolute atomic E-state index is 13.6. The Hall–Kier alpha value is -4.39. The van der Waals surface area contributed by atoms with Crippen LogP contribution < -0.4 is 11.1 Å². The number of hydrogen-bond donors (Lipinski definition) is 2. The van der Waals surface area contributed by atoms with Crippen LogP contribution in [0.1, 0.15) is 28.1 Å². The van der Waals surface area contributed by atoms with E-state index in [0.29, 0.717) is 29.2 Å². The number of nitrogen functional groups attached to an aromatic ring is 1. The van der Waals surface area contributed by atoms with E-state index in [1.807, 2.05) is 54.6 Å². The number of aryl methyl sites for hydroxylation is 2. The van der Waals surface area contributed by atoms with Gasteiger partial charge in [0, 0.05) is 11.3 Å². The molecule has 0 aliphatic heterocycles. The van der Waals surface area contributed by atoms with Gasteiger partial charge in [0.05, 0.1) is 17.8 Å². The van der Waals surface area contributed by atoms with E-state index in [4.69, 9.17) is 15.7 Å². The van der Waals surface area contributed by atoms with Gasteiger partial charge in [-0.25, -0.2) is 18.7 Å². The second-order valence-electron chi connectivity index (χ2n) is 8.39. The van der Waals surface area contributed by atoms with Crippen molar-refractivity contribution < 1.29 is 13.6 Å². The summed E-state index contributed by atoms with van der Waals surface area (Å²) in [6.45, 7) is 0. The van der Waals surface area contributed by atoms with E-state index in [1.54, 1.807) is 6.08 Å². The predicted molar refractivity (Wildman–Crippen MR) is 133 cm³/mol. The molecule has 0 atom stereocenters. The minimum absolute atomic E-state index is 0.125. The average Bonchev–Trinajstić information content (AvgIpc) is 2.85. The SMILES string of the molecule is Nc1ccc2c(c1)CCc1nc(NC(=O)Cc3ccc(F)c(F)c3)c(C=Cc3ccccc3)nc1-2. The smallest absolute Gasteiger partial charge is 0.230 e. The maximum Gasteiger partial charge on any atom is 0.230 e. The second kappa shape index (κ2) is 9.46. The number of carbonyl (C=O) groups is 1. The van der Waals surface area contributed by atoms with Gasteiger partial charge in [0.2, 0.25) is 5.91 Å². The standard InChI is InChI=1S/C28H22F2N4O/c29-22-11-6-18(14-23(22)30)15-26(35)34-28-25(12-7-17-4-2-1-3-5-17)32-27-21-10-9-20(31)16-19(21)8-13-24(27)33-28/h1-7,9-12,14,16H,8,13,15,31H2,(H,33,34,35). The van der Waals surface area contributed by atoms with Crippen LogP contribution in [-0.4, -0.2) is 15.9 Å². The van der Waals surface area contributed by atoms with Crippen molar-refractivity contribution in [2.45, 2.75) is 19.3 Å². The van der Waals surface area contributed by atoms with E-state index in [-0.39, 0.29) is 6.42 Å². The normalized spacial score (nSPS) is 12.3. The molecule has 0 fully saturated rings. The number of benzene rings is 3. The highest BCUT2D eigenvalue weighted by molar-refractivity contribution is 5.94. The number of amides is 1. The molecule has 1 heterocycles. The van der Waals surface area contributed by atoms with Gasteiger partial charge < -0.3 is 11.1 Å². The summed E-state index contributed by atoms with van der Waals surface area (Å²) in [6.07, 6.45) is 5.01. The maximum atomic E-state index is 13.6. The number of aromatic nitrogens is 2. The lowest BCUT2D eigenvalue weighted by atomic mass is 9.91. The molecule has 3 N–H and O–H groups in total. The molecule has 0 unspecified atom stereocenters. The van der Waals surface area contributed by atoms with Crippen LogP contribution in [0.5, 0.6) is 0 Å². The molecule has 174 valence electrons. The summed E-state index contributed by atoms with van der Waals surface area (Å²) in [7, 11) is 0. The number of halogens is 2. The van der Waals surface area contributed by atoms with Gasteiger partial charge in [0.25, 0.3) is 0 Å². The largest absolute Gasteiger partial charge is 0.399 e. The lowest BCUT2D eigenvalue weighted by molar-refractivity contribution is -0.115. The summed E-state index contributed by atoms with van der Waals surface area (Å²) in [6, 6.07) is 18.9. The number of nitrogens with one attached hydrogen (secondary N) is 1. The number of rotatable bonds is 5. The molecule has 1 aromatic heterocycles. The van der Waals surface area contributed by atoms with Gasteiger partial charge in [0.1, 0.15) is 5.69 Å². The molecule has 0 saturated heterocycles. The number of hydrogen-bond acceptors (Lipinski definition) is 4. The molecular formula is C28H22F2N4O. The Morgan fingerprint density at radius 1 is 0.943 bits per heavy atom. The van der Waals surface area contributed by atoms with E-state index in [1.165, 1.54) is 6.07 Å². The molecule has 1 aliphatic carbocycles. The van der Waals surface area contributed by atoms with Gasteiger partial charge in [-0.2, -0.15) is 0 Å². The molecule has 7 heteroatoms. The van der Waals surface area contributed by atoms with Gasteiger partial charge in [-0.15, -0.1) is 0 Å². The van der Waals surface area contributed by atoms with E-state index < -0.39 is 17.5 Å². The first-order valence-corrected chi connectivity index (χ1v) is 11.2. The topological polar surface area (TPSA) is 80.9 Å². The third-order valence-corrected chi connectivity index (χ3v) is 5.85. The van der Waals surface area contributed by atoms with Gasteiger partial charge >= 0.3 is 0 Å². The minimum Gasteiger partial charge on any atom is -0.399 e. The molecule has 5 rings (SSSR count). The zero-order valence-corrected chi connectivity index (χ0v) is 18.8. The molecule has 35 heavy (non-hydrogen) atoms. The van der Waals surface area contributed by atoms with Crippen LogP contribution in [0.2, 0.25) is 0 Å². The average molecular weight is 469 g/mol. The van der Waals surface area contributed by atoms with Gasteiger partial charge in [-0.3, -0.25) is 4.79 Å². The second-order valence-corrected chi connectivity index (χ2v) is 8.39. The summed E-state index contributed by atoms with van der Waals surface area (Å²) in [5.74, 6) is -2.02. The van der Waals surface area contributed by atoms with Crippen LogP contribution in [0.15, 0.2) is 66.7 Å². The molecule has 0 radical (unpaired) electrons. The molecule has 1 aliphatic rings. The molecule has 0 bridgehead atoms. The fraction of sp³-hybridized carbons (Fsp3) is 0.107. The Kier molecular flexibility index (Phi) is 6.06. The van der Waals surface area contributed by atoms with Crippen molar-refractivity contribution in [2.75, 3.05) is 11.1 Å². The van der Waals surface area contributed by atoms with Crippen molar-refractivity contribution in [3.05, 3.63) is 106 Å². The van der Waals surface area contributed by atoms with Crippen LogP contribution in [-0.2, 0) is 24.1 Å². The highest BCUT2D eigenvalue weighted by Gasteiger charge is 2.22. The number of nitrogens with two attached hydrogens (primary N) is 1. The van der Waals surface area contributed by atoms with Crippen molar-refractivity contribution in [3.63, 3.8) is 0 Å². The first kappa shape index (κ1) is 22.4. The summed E-state index contributed by atoms with van der Waals surface area (Å²) < 4.78 is 26.8. The van der Waals surface area contributed by atoms with E-state index in [2.05, 4.69) is 5.32 Å². The fourth-order valence-electron chi connectivity index (χ4n) is 4.14. The zero-order valence-electron chi connectivity index (χ0n) is 18.8. The highest BCUT2D eigenvalue weighted by atomic mass is 19.2. The lowest BCUT2D eigenvalue weighted by Crippen LogP contribution is -2.19. The zero-order chi connectivity index (χ0) is 24.4. The van der Waals surface area contributed by atoms with E-state index >= 15 is 0 Å². The number of fused-ring (bicyclic) bond motifs is 3. The van der Waals surface area contributed by atoms with E-state index in [9.17, 15) is 13.6 Å². The van der Waals surface area contributed by atoms with Crippen molar-refractivity contribution in [2.24, 2.45) is 0 Å². The van der Waals surface area contributed by atoms with Gasteiger partial charge in [-0.05, 0) is 59.9 Å².